The van der Waals surface area contributed by atoms with Gasteiger partial charge in [0.05, 0.1) is 0 Å². The van der Waals surface area contributed by atoms with Gasteiger partial charge < -0.3 is 10.6 Å². The van der Waals surface area contributed by atoms with Gasteiger partial charge >= 0.3 is 0 Å². The molecule has 114 valence electrons. The van der Waals surface area contributed by atoms with E-state index in [1.807, 2.05) is 32.0 Å². The van der Waals surface area contributed by atoms with Gasteiger partial charge in [0.15, 0.2) is 0 Å². The number of anilines is 2. The molecule has 0 atom stereocenters. The first-order valence-electron chi connectivity index (χ1n) is 6.86. The zero-order valence-corrected chi connectivity index (χ0v) is 12.4. The fraction of sp³-hybridized carbons (Fsp3) is 0.176. The summed E-state index contributed by atoms with van der Waals surface area (Å²) in [5.74, 6) is -1.36. The molecule has 0 aromatic heterocycles. The maximum absolute atomic E-state index is 13.0. The molecule has 0 fully saturated rings. The molecule has 0 aliphatic rings. The lowest BCUT2D eigenvalue weighted by molar-refractivity contribution is -0.123. The Hall–Kier alpha value is -2.69. The van der Waals surface area contributed by atoms with Crippen molar-refractivity contribution in [2.45, 2.75) is 20.3 Å². The zero-order valence-electron chi connectivity index (χ0n) is 12.4. The first-order valence-corrected chi connectivity index (χ1v) is 6.86. The fourth-order valence-corrected chi connectivity index (χ4v) is 2.17. The van der Waals surface area contributed by atoms with Gasteiger partial charge in [0.25, 0.3) is 0 Å². The molecule has 0 radical (unpaired) electrons. The Labute approximate surface area is 128 Å². The van der Waals surface area contributed by atoms with E-state index in [9.17, 15) is 14.0 Å². The van der Waals surface area contributed by atoms with E-state index < -0.39 is 17.6 Å². The normalized spacial score (nSPS) is 10.1. The quantitative estimate of drug-likeness (QED) is 0.850. The number of amides is 2. The molecule has 0 bridgehead atoms. The van der Waals surface area contributed by atoms with Crippen LogP contribution < -0.4 is 10.6 Å². The van der Waals surface area contributed by atoms with Gasteiger partial charge in [-0.25, -0.2) is 4.39 Å². The maximum Gasteiger partial charge on any atom is 0.233 e. The van der Waals surface area contributed by atoms with E-state index >= 15 is 0 Å². The van der Waals surface area contributed by atoms with Crippen LogP contribution in [0.2, 0.25) is 0 Å². The Balaban J connectivity index is 1.92. The van der Waals surface area contributed by atoms with E-state index in [-0.39, 0.29) is 6.42 Å². The highest BCUT2D eigenvalue weighted by Crippen LogP contribution is 2.14. The van der Waals surface area contributed by atoms with Gasteiger partial charge in [-0.15, -0.1) is 0 Å². The molecule has 2 aromatic rings. The minimum Gasteiger partial charge on any atom is -0.326 e. The Kier molecular flexibility index (Phi) is 4.88. The Morgan fingerprint density at radius 3 is 2.09 bits per heavy atom. The molecule has 22 heavy (non-hydrogen) atoms. The molecule has 0 saturated heterocycles. The summed E-state index contributed by atoms with van der Waals surface area (Å²) in [5.41, 5.74) is 3.03. The van der Waals surface area contributed by atoms with Crippen LogP contribution in [0.5, 0.6) is 0 Å². The molecule has 2 N–H and O–H groups in total. The molecule has 2 aromatic carbocycles. The van der Waals surface area contributed by atoms with Crippen LogP contribution in [0.1, 0.15) is 17.5 Å². The maximum atomic E-state index is 13.0. The molecule has 2 rings (SSSR count). The number of rotatable bonds is 4. The van der Waals surface area contributed by atoms with Crippen molar-refractivity contribution in [1.29, 1.82) is 0 Å². The Bertz CT molecular complexity index is 693. The SMILES string of the molecule is Cc1cc(C)cc(NC(=O)CC(=O)Nc2cccc(F)c2)c1. The summed E-state index contributed by atoms with van der Waals surface area (Å²) in [5, 5.41) is 5.16. The summed E-state index contributed by atoms with van der Waals surface area (Å²) < 4.78 is 13.0. The van der Waals surface area contributed by atoms with Crippen molar-refractivity contribution in [2.75, 3.05) is 10.6 Å². The summed E-state index contributed by atoms with van der Waals surface area (Å²) in [4.78, 5) is 23.6. The number of carbonyl (C=O) groups is 2. The number of carbonyl (C=O) groups excluding carboxylic acids is 2. The van der Waals surface area contributed by atoms with Crippen molar-refractivity contribution in [1.82, 2.24) is 0 Å². The third-order valence-corrected chi connectivity index (χ3v) is 2.93. The second-order valence-electron chi connectivity index (χ2n) is 5.16. The smallest absolute Gasteiger partial charge is 0.233 e. The van der Waals surface area contributed by atoms with Crippen molar-refractivity contribution in [3.05, 3.63) is 59.4 Å². The van der Waals surface area contributed by atoms with E-state index in [0.717, 1.165) is 11.1 Å². The monoisotopic (exact) mass is 300 g/mol. The van der Waals surface area contributed by atoms with Crippen LogP contribution in [-0.2, 0) is 9.59 Å². The van der Waals surface area contributed by atoms with Crippen LogP contribution in [0.15, 0.2) is 42.5 Å². The second kappa shape index (κ2) is 6.85. The van der Waals surface area contributed by atoms with Gasteiger partial charge in [-0.3, -0.25) is 9.59 Å². The molecule has 0 aliphatic heterocycles. The summed E-state index contributed by atoms with van der Waals surface area (Å²) >= 11 is 0. The van der Waals surface area contributed by atoms with Crippen LogP contribution in [0.3, 0.4) is 0 Å². The van der Waals surface area contributed by atoms with E-state index in [2.05, 4.69) is 10.6 Å². The molecule has 5 heteroatoms. The average Bonchev–Trinajstić information content (AvgIpc) is 2.36. The Morgan fingerprint density at radius 2 is 1.50 bits per heavy atom. The number of hydrogen-bond acceptors (Lipinski definition) is 2. The topological polar surface area (TPSA) is 58.2 Å². The largest absolute Gasteiger partial charge is 0.326 e. The highest BCUT2D eigenvalue weighted by atomic mass is 19.1. The van der Waals surface area contributed by atoms with Crippen LogP contribution in [0.4, 0.5) is 15.8 Å². The first-order chi connectivity index (χ1) is 10.4. The lowest BCUT2D eigenvalue weighted by atomic mass is 10.1. The molecule has 0 saturated carbocycles. The molecule has 0 spiro atoms. The van der Waals surface area contributed by atoms with Crippen LogP contribution in [0.25, 0.3) is 0 Å². The summed E-state index contributed by atoms with van der Waals surface area (Å²) in [7, 11) is 0. The fourth-order valence-electron chi connectivity index (χ4n) is 2.17. The standard InChI is InChI=1S/C17H17FN2O2/c1-11-6-12(2)8-15(7-11)20-17(22)10-16(21)19-14-5-3-4-13(18)9-14/h3-9H,10H2,1-2H3,(H,19,21)(H,20,22). The van der Waals surface area contributed by atoms with Gasteiger partial charge in [0.1, 0.15) is 12.2 Å². The van der Waals surface area contributed by atoms with E-state index in [1.165, 1.54) is 18.2 Å². The minimum absolute atomic E-state index is 0.323. The Morgan fingerprint density at radius 1 is 0.909 bits per heavy atom. The lowest BCUT2D eigenvalue weighted by Crippen LogP contribution is -2.21. The second-order valence-corrected chi connectivity index (χ2v) is 5.16. The van der Waals surface area contributed by atoms with Gasteiger partial charge in [-0.1, -0.05) is 12.1 Å². The minimum atomic E-state index is -0.493. The molecule has 4 nitrogen and oxygen atoms in total. The predicted molar refractivity (Wildman–Crippen MR) is 84.2 cm³/mol. The highest BCUT2D eigenvalue weighted by molar-refractivity contribution is 6.08. The molecule has 0 heterocycles. The zero-order chi connectivity index (χ0) is 16.1. The average molecular weight is 300 g/mol. The van der Waals surface area contributed by atoms with Gasteiger partial charge in [-0.05, 0) is 55.3 Å². The number of benzene rings is 2. The number of nitrogens with one attached hydrogen (secondary N) is 2. The van der Waals surface area contributed by atoms with Gasteiger partial charge in [0, 0.05) is 11.4 Å². The van der Waals surface area contributed by atoms with Crippen molar-refractivity contribution in [2.24, 2.45) is 0 Å². The predicted octanol–water partition coefficient (Wildman–Crippen LogP) is 3.41. The number of aryl methyl sites for hydroxylation is 2. The number of halogens is 1. The van der Waals surface area contributed by atoms with E-state index in [0.29, 0.717) is 11.4 Å². The van der Waals surface area contributed by atoms with E-state index in [4.69, 9.17) is 0 Å². The molecule has 2 amide bonds. The summed E-state index contributed by atoms with van der Waals surface area (Å²) in [6.45, 7) is 3.86. The van der Waals surface area contributed by atoms with Crippen LogP contribution in [0, 0.1) is 19.7 Å². The van der Waals surface area contributed by atoms with Crippen LogP contribution >= 0.6 is 0 Å². The van der Waals surface area contributed by atoms with Crippen LogP contribution in [-0.4, -0.2) is 11.8 Å². The number of hydrogen-bond donors (Lipinski definition) is 2. The van der Waals surface area contributed by atoms with Crippen molar-refractivity contribution in [3.8, 4) is 0 Å². The third kappa shape index (κ3) is 4.70. The first kappa shape index (κ1) is 15.7. The third-order valence-electron chi connectivity index (χ3n) is 2.93. The van der Waals surface area contributed by atoms with E-state index in [1.54, 1.807) is 6.07 Å². The summed E-state index contributed by atoms with van der Waals surface area (Å²) in [6, 6.07) is 11.2. The molecular formula is C17H17FN2O2. The molecule has 0 aliphatic carbocycles. The molecular weight excluding hydrogens is 283 g/mol. The molecule has 0 unspecified atom stereocenters. The van der Waals surface area contributed by atoms with Crippen molar-refractivity contribution >= 4 is 23.2 Å². The van der Waals surface area contributed by atoms with Gasteiger partial charge in [0.2, 0.25) is 11.8 Å². The van der Waals surface area contributed by atoms with Gasteiger partial charge in [-0.2, -0.15) is 0 Å². The van der Waals surface area contributed by atoms with Crippen molar-refractivity contribution in [3.63, 3.8) is 0 Å². The highest BCUT2D eigenvalue weighted by Gasteiger charge is 2.10. The summed E-state index contributed by atoms with van der Waals surface area (Å²) in [6.07, 6.45) is -0.330. The van der Waals surface area contributed by atoms with Crippen molar-refractivity contribution < 1.29 is 14.0 Å². The lowest BCUT2D eigenvalue weighted by Gasteiger charge is -2.08.